The minimum atomic E-state index is 0.910. The van der Waals surface area contributed by atoms with Crippen molar-refractivity contribution in [2.45, 2.75) is 6.92 Å². The number of aryl methyl sites for hydroxylation is 2. The van der Waals surface area contributed by atoms with Crippen LogP contribution in [0.3, 0.4) is 0 Å². The summed E-state index contributed by atoms with van der Waals surface area (Å²) >= 11 is 0. The van der Waals surface area contributed by atoms with Gasteiger partial charge < -0.3 is 9.30 Å². The molecule has 4 rings (SSSR count). The minimum absolute atomic E-state index is 0.910. The van der Waals surface area contributed by atoms with Crippen molar-refractivity contribution in [1.29, 1.82) is 0 Å². The van der Waals surface area contributed by atoms with Gasteiger partial charge in [0.2, 0.25) is 0 Å². The second kappa shape index (κ2) is 4.22. The van der Waals surface area contributed by atoms with E-state index >= 15 is 0 Å². The molecule has 2 heterocycles. The number of rotatable bonds is 1. The van der Waals surface area contributed by atoms with Crippen molar-refractivity contribution < 1.29 is 4.74 Å². The van der Waals surface area contributed by atoms with Gasteiger partial charge in [0, 0.05) is 35.6 Å². The molecule has 0 bridgehead atoms. The van der Waals surface area contributed by atoms with Crippen molar-refractivity contribution in [3.8, 4) is 5.75 Å². The predicted octanol–water partition coefficient (Wildman–Crippen LogP) is 4.20. The molecule has 21 heavy (non-hydrogen) atoms. The third-order valence-corrected chi connectivity index (χ3v) is 4.35. The molecule has 0 aliphatic heterocycles. The van der Waals surface area contributed by atoms with Crippen molar-refractivity contribution in [2.75, 3.05) is 7.11 Å². The third-order valence-electron chi connectivity index (χ3n) is 4.35. The quantitative estimate of drug-likeness (QED) is 0.521. The van der Waals surface area contributed by atoms with E-state index in [2.05, 4.69) is 41.7 Å². The number of hydrogen-bond acceptors (Lipinski definition) is 2. The van der Waals surface area contributed by atoms with Crippen LogP contribution < -0.4 is 4.74 Å². The maximum atomic E-state index is 5.54. The first kappa shape index (κ1) is 12.2. The smallest absolute Gasteiger partial charge is 0.143 e. The van der Waals surface area contributed by atoms with Crippen LogP contribution in [0.2, 0.25) is 0 Å². The summed E-state index contributed by atoms with van der Waals surface area (Å²) in [5.74, 6) is 0.910. The van der Waals surface area contributed by atoms with E-state index in [1.807, 2.05) is 24.5 Å². The second-order valence-electron chi connectivity index (χ2n) is 5.41. The average molecular weight is 276 g/mol. The highest BCUT2D eigenvalue weighted by atomic mass is 16.5. The van der Waals surface area contributed by atoms with E-state index in [1.165, 1.54) is 32.6 Å². The Labute approximate surface area is 122 Å². The highest BCUT2D eigenvalue weighted by Crippen LogP contribution is 2.37. The van der Waals surface area contributed by atoms with Gasteiger partial charge in [0.05, 0.1) is 18.1 Å². The first-order chi connectivity index (χ1) is 10.2. The first-order valence-electron chi connectivity index (χ1n) is 7.01. The Morgan fingerprint density at radius 3 is 2.71 bits per heavy atom. The number of methoxy groups -OCH3 is 1. The van der Waals surface area contributed by atoms with E-state index < -0.39 is 0 Å². The topological polar surface area (TPSA) is 27.1 Å². The third kappa shape index (κ3) is 1.51. The van der Waals surface area contributed by atoms with E-state index in [1.54, 1.807) is 7.11 Å². The Bertz CT molecular complexity index is 999. The van der Waals surface area contributed by atoms with Crippen LogP contribution >= 0.6 is 0 Å². The largest absolute Gasteiger partial charge is 0.495 e. The average Bonchev–Trinajstić information content (AvgIpc) is 2.81. The molecular formula is C18H16N2O. The summed E-state index contributed by atoms with van der Waals surface area (Å²) < 4.78 is 7.78. The molecule has 0 N–H and O–H groups in total. The van der Waals surface area contributed by atoms with Crippen LogP contribution in [-0.4, -0.2) is 16.7 Å². The predicted molar refractivity (Wildman–Crippen MR) is 87.0 cm³/mol. The zero-order chi connectivity index (χ0) is 14.6. The summed E-state index contributed by atoms with van der Waals surface area (Å²) in [6.45, 7) is 2.18. The Balaban J connectivity index is 2.33. The van der Waals surface area contributed by atoms with E-state index in [0.29, 0.717) is 0 Å². The van der Waals surface area contributed by atoms with Crippen LogP contribution in [-0.2, 0) is 7.05 Å². The van der Waals surface area contributed by atoms with Gasteiger partial charge in [-0.2, -0.15) is 0 Å². The molecule has 3 heteroatoms. The maximum Gasteiger partial charge on any atom is 0.143 e. The normalized spacial score (nSPS) is 11.6. The summed E-state index contributed by atoms with van der Waals surface area (Å²) in [4.78, 5) is 4.25. The lowest BCUT2D eigenvalue weighted by molar-refractivity contribution is 0.418. The van der Waals surface area contributed by atoms with Crippen molar-refractivity contribution >= 4 is 32.6 Å². The highest BCUT2D eigenvalue weighted by molar-refractivity contribution is 6.15. The molecule has 0 aliphatic rings. The first-order valence-corrected chi connectivity index (χ1v) is 7.01. The number of benzene rings is 2. The van der Waals surface area contributed by atoms with E-state index in [-0.39, 0.29) is 0 Å². The molecule has 0 fully saturated rings. The van der Waals surface area contributed by atoms with E-state index in [9.17, 15) is 0 Å². The number of pyridine rings is 1. The van der Waals surface area contributed by atoms with Gasteiger partial charge in [-0.15, -0.1) is 0 Å². The number of fused-ring (bicyclic) bond motifs is 4. The summed E-state index contributed by atoms with van der Waals surface area (Å²) in [7, 11) is 3.83. The molecule has 0 saturated heterocycles. The lowest BCUT2D eigenvalue weighted by Crippen LogP contribution is -1.93. The van der Waals surface area contributed by atoms with Gasteiger partial charge >= 0.3 is 0 Å². The van der Waals surface area contributed by atoms with Gasteiger partial charge in [0.15, 0.2) is 0 Å². The molecule has 0 spiro atoms. The fourth-order valence-electron chi connectivity index (χ4n) is 3.42. The van der Waals surface area contributed by atoms with Crippen LogP contribution in [0, 0.1) is 6.92 Å². The van der Waals surface area contributed by atoms with Crippen LogP contribution in [0.25, 0.3) is 32.6 Å². The minimum Gasteiger partial charge on any atom is -0.495 e. The maximum absolute atomic E-state index is 5.54. The summed E-state index contributed by atoms with van der Waals surface area (Å²) in [6, 6.07) is 10.5. The van der Waals surface area contributed by atoms with Crippen LogP contribution in [0.15, 0.2) is 42.7 Å². The van der Waals surface area contributed by atoms with Gasteiger partial charge in [0.1, 0.15) is 5.75 Å². The fraction of sp³-hybridized carbons (Fsp3) is 0.167. The van der Waals surface area contributed by atoms with Gasteiger partial charge in [-0.25, -0.2) is 0 Å². The Morgan fingerprint density at radius 1 is 1.05 bits per heavy atom. The number of hydrogen-bond donors (Lipinski definition) is 0. The molecular weight excluding hydrogens is 260 g/mol. The molecule has 0 atom stereocenters. The SMILES string of the molecule is COc1cccc2c3cc4cnccc4c(C)c3n(C)c12. The summed E-state index contributed by atoms with van der Waals surface area (Å²) in [5.41, 5.74) is 3.68. The number of para-hydroxylation sites is 1. The van der Waals surface area contributed by atoms with Crippen LogP contribution in [0.1, 0.15) is 5.56 Å². The molecule has 4 aromatic rings. The zero-order valence-electron chi connectivity index (χ0n) is 12.3. The van der Waals surface area contributed by atoms with Crippen LogP contribution in [0.4, 0.5) is 0 Å². The molecule has 2 aromatic heterocycles. The highest BCUT2D eigenvalue weighted by Gasteiger charge is 2.15. The second-order valence-corrected chi connectivity index (χ2v) is 5.41. The van der Waals surface area contributed by atoms with Crippen molar-refractivity contribution in [3.63, 3.8) is 0 Å². The van der Waals surface area contributed by atoms with Crippen LogP contribution in [0.5, 0.6) is 5.75 Å². The molecule has 0 radical (unpaired) electrons. The monoisotopic (exact) mass is 276 g/mol. The Hall–Kier alpha value is -2.55. The molecule has 0 aliphatic carbocycles. The Kier molecular flexibility index (Phi) is 2.45. The van der Waals surface area contributed by atoms with Gasteiger partial charge in [0.25, 0.3) is 0 Å². The zero-order valence-corrected chi connectivity index (χ0v) is 12.3. The molecule has 0 saturated carbocycles. The summed E-state index contributed by atoms with van der Waals surface area (Å²) in [6.07, 6.45) is 3.78. The number of nitrogens with zero attached hydrogens (tertiary/aromatic N) is 2. The Morgan fingerprint density at radius 2 is 1.90 bits per heavy atom. The van der Waals surface area contributed by atoms with Crippen molar-refractivity contribution in [1.82, 2.24) is 9.55 Å². The van der Waals surface area contributed by atoms with Gasteiger partial charge in [-0.1, -0.05) is 12.1 Å². The van der Waals surface area contributed by atoms with E-state index in [0.717, 1.165) is 11.3 Å². The van der Waals surface area contributed by atoms with Crippen molar-refractivity contribution in [2.24, 2.45) is 7.05 Å². The van der Waals surface area contributed by atoms with Gasteiger partial charge in [-0.3, -0.25) is 4.98 Å². The number of aromatic nitrogens is 2. The molecule has 2 aromatic carbocycles. The standard InChI is InChI=1S/C18H16N2O/c1-11-13-7-8-19-10-12(13)9-15-14-5-4-6-16(21-3)18(14)20(2)17(11)15/h4-10H,1-3H3. The number of ether oxygens (including phenoxy) is 1. The van der Waals surface area contributed by atoms with Crippen molar-refractivity contribution in [3.05, 3.63) is 48.3 Å². The van der Waals surface area contributed by atoms with E-state index in [4.69, 9.17) is 4.74 Å². The molecule has 3 nitrogen and oxygen atoms in total. The lowest BCUT2D eigenvalue weighted by atomic mass is 10.0. The fourth-order valence-corrected chi connectivity index (χ4v) is 3.42. The summed E-state index contributed by atoms with van der Waals surface area (Å²) in [5, 5.41) is 4.91. The molecule has 0 amide bonds. The van der Waals surface area contributed by atoms with Gasteiger partial charge in [-0.05, 0) is 36.1 Å². The molecule has 0 unspecified atom stereocenters. The lowest BCUT2D eigenvalue weighted by Gasteiger charge is -2.07. The molecule has 104 valence electrons.